The Hall–Kier alpha value is -3.28. The van der Waals surface area contributed by atoms with Crippen LogP contribution in [-0.4, -0.2) is 43.5 Å². The second kappa shape index (κ2) is 8.17. The maximum atomic E-state index is 12.6. The zero-order valence-corrected chi connectivity index (χ0v) is 16.0. The van der Waals surface area contributed by atoms with Gasteiger partial charge in [0.05, 0.1) is 6.54 Å². The lowest BCUT2D eigenvalue weighted by Crippen LogP contribution is -2.44. The Bertz CT molecular complexity index is 1010. The minimum absolute atomic E-state index is 0.0597. The van der Waals surface area contributed by atoms with Crippen LogP contribution < -0.4 is 15.5 Å². The van der Waals surface area contributed by atoms with E-state index in [4.69, 9.17) is 0 Å². The Morgan fingerprint density at radius 2 is 1.96 bits per heavy atom. The van der Waals surface area contributed by atoms with Crippen molar-refractivity contribution in [2.75, 3.05) is 31.6 Å². The number of fused-ring (bicyclic) bond motifs is 2. The molecule has 0 aliphatic carbocycles. The molecule has 0 atom stereocenters. The number of para-hydroxylation sites is 2. The highest BCUT2D eigenvalue weighted by Gasteiger charge is 2.23. The maximum absolute atomic E-state index is 12.6. The molecular formula is C22H25N5O. The van der Waals surface area contributed by atoms with Gasteiger partial charge < -0.3 is 20.5 Å². The fraction of sp³-hybridized carbons (Fsp3) is 0.273. The van der Waals surface area contributed by atoms with E-state index in [1.807, 2.05) is 29.2 Å². The van der Waals surface area contributed by atoms with Gasteiger partial charge in [-0.2, -0.15) is 0 Å². The fourth-order valence-electron chi connectivity index (χ4n) is 3.73. The van der Waals surface area contributed by atoms with Crippen LogP contribution in [0.5, 0.6) is 0 Å². The predicted octanol–water partition coefficient (Wildman–Crippen LogP) is 2.46. The predicted molar refractivity (Wildman–Crippen MR) is 114 cm³/mol. The van der Waals surface area contributed by atoms with Crippen LogP contribution in [0.3, 0.4) is 0 Å². The molecule has 0 radical (unpaired) electrons. The summed E-state index contributed by atoms with van der Waals surface area (Å²) in [5.74, 6) is 0.699. The van der Waals surface area contributed by atoms with Crippen molar-refractivity contribution in [3.05, 3.63) is 65.9 Å². The number of carbonyl (C=O) groups is 1. The number of anilines is 1. The summed E-state index contributed by atoms with van der Waals surface area (Å²) in [6.45, 7) is 1.70. The van der Waals surface area contributed by atoms with Crippen LogP contribution in [0.25, 0.3) is 10.9 Å². The normalized spacial score (nSPS) is 13.6. The summed E-state index contributed by atoms with van der Waals surface area (Å²) in [5, 5.41) is 7.67. The van der Waals surface area contributed by atoms with Crippen molar-refractivity contribution in [3.8, 4) is 0 Å². The highest BCUT2D eigenvalue weighted by atomic mass is 16.2. The Balaban J connectivity index is 1.28. The van der Waals surface area contributed by atoms with E-state index in [1.54, 1.807) is 7.05 Å². The lowest BCUT2D eigenvalue weighted by atomic mass is 10.1. The summed E-state index contributed by atoms with van der Waals surface area (Å²) in [5.41, 5.74) is 4.67. The molecule has 0 spiro atoms. The van der Waals surface area contributed by atoms with Gasteiger partial charge in [0.25, 0.3) is 0 Å². The molecule has 6 nitrogen and oxygen atoms in total. The molecule has 6 heteroatoms. The lowest BCUT2D eigenvalue weighted by Gasteiger charge is -2.18. The minimum Gasteiger partial charge on any atom is -0.361 e. The molecule has 144 valence electrons. The molecule has 0 fully saturated rings. The summed E-state index contributed by atoms with van der Waals surface area (Å²) in [6.07, 6.45) is 3.84. The first kappa shape index (κ1) is 18.1. The number of aromatic amines is 1. The molecule has 2 heterocycles. The van der Waals surface area contributed by atoms with Gasteiger partial charge in [-0.3, -0.25) is 9.79 Å². The van der Waals surface area contributed by atoms with Gasteiger partial charge in [0, 0.05) is 42.9 Å². The molecule has 0 bridgehead atoms. The lowest BCUT2D eigenvalue weighted by molar-refractivity contribution is -0.117. The molecule has 1 amide bonds. The standard InChI is InChI=1S/C22H25N5O/c1-23-22(24-12-10-17-14-25-19-8-4-3-7-18(17)19)26-15-21(28)27-13-11-16-6-2-5-9-20(16)27/h2-9,14,25H,10-13,15H2,1H3,(H2,23,24,26). The quantitative estimate of drug-likeness (QED) is 0.474. The Kier molecular flexibility index (Phi) is 5.28. The zero-order chi connectivity index (χ0) is 19.3. The van der Waals surface area contributed by atoms with Crippen LogP contribution in [0.2, 0.25) is 0 Å². The van der Waals surface area contributed by atoms with Crippen molar-refractivity contribution in [2.24, 2.45) is 4.99 Å². The second-order valence-electron chi connectivity index (χ2n) is 6.89. The van der Waals surface area contributed by atoms with E-state index >= 15 is 0 Å². The Morgan fingerprint density at radius 3 is 2.86 bits per heavy atom. The fourth-order valence-corrected chi connectivity index (χ4v) is 3.73. The second-order valence-corrected chi connectivity index (χ2v) is 6.89. The van der Waals surface area contributed by atoms with Gasteiger partial charge in [-0.15, -0.1) is 0 Å². The smallest absolute Gasteiger partial charge is 0.246 e. The van der Waals surface area contributed by atoms with Gasteiger partial charge in [0.15, 0.2) is 5.96 Å². The number of hydrogen-bond donors (Lipinski definition) is 3. The summed E-state index contributed by atoms with van der Waals surface area (Å²) in [6, 6.07) is 16.4. The molecule has 28 heavy (non-hydrogen) atoms. The van der Waals surface area contributed by atoms with E-state index in [1.165, 1.54) is 16.5 Å². The van der Waals surface area contributed by atoms with Crippen molar-refractivity contribution in [1.29, 1.82) is 0 Å². The molecule has 1 aliphatic heterocycles. The SMILES string of the molecule is CN=C(NCCc1c[nH]c2ccccc12)NCC(=O)N1CCc2ccccc21. The van der Waals surface area contributed by atoms with Crippen molar-refractivity contribution < 1.29 is 4.79 Å². The third kappa shape index (κ3) is 3.71. The molecule has 1 aliphatic rings. The van der Waals surface area contributed by atoms with E-state index in [9.17, 15) is 4.79 Å². The molecule has 0 saturated heterocycles. The number of nitrogens with zero attached hydrogens (tertiary/aromatic N) is 2. The Morgan fingerprint density at radius 1 is 1.14 bits per heavy atom. The third-order valence-electron chi connectivity index (χ3n) is 5.18. The third-order valence-corrected chi connectivity index (χ3v) is 5.18. The maximum Gasteiger partial charge on any atom is 0.246 e. The molecule has 2 aromatic carbocycles. The van der Waals surface area contributed by atoms with Crippen LogP contribution in [0, 0.1) is 0 Å². The molecule has 3 N–H and O–H groups in total. The van der Waals surface area contributed by atoms with E-state index < -0.39 is 0 Å². The number of rotatable bonds is 5. The van der Waals surface area contributed by atoms with E-state index in [0.29, 0.717) is 5.96 Å². The average molecular weight is 375 g/mol. The van der Waals surface area contributed by atoms with Gasteiger partial charge in [-0.25, -0.2) is 0 Å². The van der Waals surface area contributed by atoms with E-state index in [0.717, 1.165) is 37.1 Å². The van der Waals surface area contributed by atoms with Gasteiger partial charge in [0.2, 0.25) is 5.91 Å². The molecule has 4 rings (SSSR count). The number of aromatic nitrogens is 1. The Labute approximate surface area is 164 Å². The van der Waals surface area contributed by atoms with Crippen molar-refractivity contribution in [1.82, 2.24) is 15.6 Å². The van der Waals surface area contributed by atoms with Gasteiger partial charge in [-0.1, -0.05) is 36.4 Å². The van der Waals surface area contributed by atoms with Crippen LogP contribution in [-0.2, 0) is 17.6 Å². The van der Waals surface area contributed by atoms with Crippen molar-refractivity contribution >= 4 is 28.5 Å². The number of benzene rings is 2. The van der Waals surface area contributed by atoms with Crippen LogP contribution in [0.1, 0.15) is 11.1 Å². The van der Waals surface area contributed by atoms with E-state index in [-0.39, 0.29) is 12.5 Å². The summed E-state index contributed by atoms with van der Waals surface area (Å²) < 4.78 is 0. The van der Waals surface area contributed by atoms with E-state index in [2.05, 4.69) is 51.1 Å². The molecule has 1 aromatic heterocycles. The zero-order valence-electron chi connectivity index (χ0n) is 16.0. The molecule has 0 unspecified atom stereocenters. The topological polar surface area (TPSA) is 72.5 Å². The summed E-state index contributed by atoms with van der Waals surface area (Å²) in [4.78, 5) is 22.0. The first-order valence-corrected chi connectivity index (χ1v) is 9.64. The average Bonchev–Trinajstić information content (AvgIpc) is 3.35. The number of guanidine groups is 1. The van der Waals surface area contributed by atoms with Gasteiger partial charge in [0.1, 0.15) is 0 Å². The number of carbonyl (C=O) groups excluding carboxylic acids is 1. The largest absolute Gasteiger partial charge is 0.361 e. The molecular weight excluding hydrogens is 350 g/mol. The van der Waals surface area contributed by atoms with Crippen molar-refractivity contribution in [2.45, 2.75) is 12.8 Å². The van der Waals surface area contributed by atoms with Crippen LogP contribution in [0.15, 0.2) is 59.7 Å². The number of amides is 1. The number of hydrogen-bond acceptors (Lipinski definition) is 2. The highest BCUT2D eigenvalue weighted by Crippen LogP contribution is 2.27. The minimum atomic E-state index is 0.0597. The highest BCUT2D eigenvalue weighted by molar-refractivity contribution is 5.98. The first-order chi connectivity index (χ1) is 13.8. The summed E-state index contributed by atoms with van der Waals surface area (Å²) in [7, 11) is 1.72. The monoisotopic (exact) mass is 375 g/mol. The number of nitrogens with one attached hydrogen (secondary N) is 3. The summed E-state index contributed by atoms with van der Waals surface area (Å²) >= 11 is 0. The van der Waals surface area contributed by atoms with Crippen LogP contribution in [0.4, 0.5) is 5.69 Å². The first-order valence-electron chi connectivity index (χ1n) is 9.64. The van der Waals surface area contributed by atoms with Gasteiger partial charge >= 0.3 is 0 Å². The van der Waals surface area contributed by atoms with Crippen LogP contribution >= 0.6 is 0 Å². The van der Waals surface area contributed by atoms with Crippen molar-refractivity contribution in [3.63, 3.8) is 0 Å². The molecule has 0 saturated carbocycles. The number of H-pyrrole nitrogens is 1. The molecule has 3 aromatic rings. The van der Waals surface area contributed by atoms with Gasteiger partial charge in [-0.05, 0) is 36.1 Å². The number of aliphatic imine (C=N–C) groups is 1.